The molecule has 2 N–H and O–H groups in total. The highest BCUT2D eigenvalue weighted by molar-refractivity contribution is 7.80. The lowest BCUT2D eigenvalue weighted by Crippen LogP contribution is -2.47. The van der Waals surface area contributed by atoms with E-state index in [9.17, 15) is 4.79 Å². The zero-order chi connectivity index (χ0) is 22.5. The predicted octanol–water partition coefficient (Wildman–Crippen LogP) is 5.31. The summed E-state index contributed by atoms with van der Waals surface area (Å²) in [5, 5.41) is 5.18. The Morgan fingerprint density at radius 2 is 1.91 bits per heavy atom. The molecule has 4 rings (SSSR count). The summed E-state index contributed by atoms with van der Waals surface area (Å²) in [4.78, 5) is 18.1. The second kappa shape index (κ2) is 10.2. The van der Waals surface area contributed by atoms with Crippen LogP contribution in [0.4, 0.5) is 0 Å². The number of H-pyrrole nitrogens is 1. The summed E-state index contributed by atoms with van der Waals surface area (Å²) >= 11 is 5.89. The van der Waals surface area contributed by atoms with Gasteiger partial charge in [0.05, 0.1) is 19.7 Å². The fourth-order valence-electron chi connectivity index (χ4n) is 4.51. The number of hydrogen-bond acceptors (Lipinski definition) is 3. The lowest BCUT2D eigenvalue weighted by atomic mass is 9.94. The van der Waals surface area contributed by atoms with Crippen molar-refractivity contribution in [2.75, 3.05) is 7.11 Å². The van der Waals surface area contributed by atoms with Crippen LogP contribution >= 0.6 is 12.2 Å². The molecular formula is C26H31N3O2S. The molecule has 0 bridgehead atoms. The zero-order valence-corrected chi connectivity index (χ0v) is 19.6. The van der Waals surface area contributed by atoms with Gasteiger partial charge in [-0.05, 0) is 61.8 Å². The van der Waals surface area contributed by atoms with E-state index in [-0.39, 0.29) is 11.6 Å². The quantitative estimate of drug-likeness (QED) is 0.500. The van der Waals surface area contributed by atoms with Crippen molar-refractivity contribution in [2.45, 2.75) is 57.7 Å². The van der Waals surface area contributed by atoms with Crippen LogP contribution < -0.4 is 15.6 Å². The SMILES string of the molecule is COc1ccc2[nH]c(=O)c(CN(C(=S)N[C@H](C)c3ccccc3)C3CCCCC3)cc2c1. The van der Waals surface area contributed by atoms with Crippen molar-refractivity contribution in [3.63, 3.8) is 0 Å². The molecule has 1 fully saturated rings. The largest absolute Gasteiger partial charge is 0.497 e. The van der Waals surface area contributed by atoms with Crippen molar-refractivity contribution in [2.24, 2.45) is 0 Å². The number of aromatic amines is 1. The Hall–Kier alpha value is -2.86. The molecule has 32 heavy (non-hydrogen) atoms. The zero-order valence-electron chi connectivity index (χ0n) is 18.8. The van der Waals surface area contributed by atoms with Crippen LogP contribution in [0.2, 0.25) is 0 Å². The van der Waals surface area contributed by atoms with Gasteiger partial charge in [0.2, 0.25) is 0 Å². The van der Waals surface area contributed by atoms with Gasteiger partial charge >= 0.3 is 0 Å². The molecule has 1 aliphatic rings. The van der Waals surface area contributed by atoms with Gasteiger partial charge in [0, 0.05) is 22.5 Å². The maximum Gasteiger partial charge on any atom is 0.253 e. The van der Waals surface area contributed by atoms with E-state index < -0.39 is 0 Å². The molecular weight excluding hydrogens is 418 g/mol. The van der Waals surface area contributed by atoms with Crippen LogP contribution in [0.25, 0.3) is 10.9 Å². The Labute approximate surface area is 194 Å². The Kier molecular flexibility index (Phi) is 7.10. The molecule has 1 aliphatic carbocycles. The van der Waals surface area contributed by atoms with Crippen molar-refractivity contribution < 1.29 is 4.74 Å². The first-order valence-corrected chi connectivity index (χ1v) is 11.8. The van der Waals surface area contributed by atoms with E-state index in [1.807, 2.05) is 42.5 Å². The molecule has 5 nitrogen and oxygen atoms in total. The Bertz CT molecular complexity index is 1120. The average molecular weight is 450 g/mol. The maximum absolute atomic E-state index is 12.9. The van der Waals surface area contributed by atoms with Crippen LogP contribution in [-0.4, -0.2) is 28.1 Å². The topological polar surface area (TPSA) is 57.4 Å². The van der Waals surface area contributed by atoms with Crippen LogP contribution in [0, 0.1) is 0 Å². The second-order valence-corrected chi connectivity index (χ2v) is 8.97. The van der Waals surface area contributed by atoms with Crippen molar-refractivity contribution in [1.29, 1.82) is 0 Å². The first kappa shape index (κ1) is 22.3. The summed E-state index contributed by atoms with van der Waals surface area (Å²) in [6.45, 7) is 2.61. The highest BCUT2D eigenvalue weighted by Crippen LogP contribution is 2.26. The molecule has 3 aromatic rings. The van der Waals surface area contributed by atoms with E-state index in [4.69, 9.17) is 17.0 Å². The minimum absolute atomic E-state index is 0.0672. The number of pyridine rings is 1. The Morgan fingerprint density at radius 3 is 2.62 bits per heavy atom. The third kappa shape index (κ3) is 5.13. The fraction of sp³-hybridized carbons (Fsp3) is 0.385. The van der Waals surface area contributed by atoms with Crippen molar-refractivity contribution in [1.82, 2.24) is 15.2 Å². The van der Waals surface area contributed by atoms with Crippen LogP contribution in [0.5, 0.6) is 5.75 Å². The standard InChI is InChI=1S/C26H31N3O2S/c1-18(19-9-5-3-6-10-19)27-26(32)29(22-11-7-4-8-12-22)17-21-15-20-16-23(31-2)13-14-24(20)28-25(21)30/h3,5-6,9-10,13-16,18,22H,4,7-8,11-12,17H2,1-2H3,(H,27,32)(H,28,30)/t18-/m1/s1. The number of fused-ring (bicyclic) bond motifs is 1. The molecule has 0 spiro atoms. The lowest BCUT2D eigenvalue weighted by Gasteiger charge is -2.37. The summed E-state index contributed by atoms with van der Waals surface area (Å²) in [6, 6.07) is 18.4. The van der Waals surface area contributed by atoms with Gasteiger partial charge in [-0.1, -0.05) is 49.6 Å². The molecule has 0 amide bonds. The molecule has 0 saturated heterocycles. The van der Waals surface area contributed by atoms with E-state index in [1.165, 1.54) is 24.8 Å². The Morgan fingerprint density at radius 1 is 1.16 bits per heavy atom. The number of benzene rings is 2. The number of thiocarbonyl (C=S) groups is 1. The molecule has 1 saturated carbocycles. The normalized spacial score (nSPS) is 15.3. The summed E-state index contributed by atoms with van der Waals surface area (Å²) in [6.07, 6.45) is 5.86. The molecule has 1 aromatic heterocycles. The van der Waals surface area contributed by atoms with Crippen molar-refractivity contribution in [3.8, 4) is 5.75 Å². The van der Waals surface area contributed by atoms with Gasteiger partial charge in [-0.3, -0.25) is 4.79 Å². The minimum atomic E-state index is -0.0672. The lowest BCUT2D eigenvalue weighted by molar-refractivity contribution is 0.233. The highest BCUT2D eigenvalue weighted by atomic mass is 32.1. The van der Waals surface area contributed by atoms with E-state index in [0.717, 1.165) is 29.5 Å². The average Bonchev–Trinajstić information content (AvgIpc) is 2.83. The number of aromatic nitrogens is 1. The molecule has 0 unspecified atom stereocenters. The van der Waals surface area contributed by atoms with Crippen LogP contribution in [0.1, 0.15) is 56.2 Å². The van der Waals surface area contributed by atoms with E-state index in [1.54, 1.807) is 7.11 Å². The predicted molar refractivity (Wildman–Crippen MR) is 134 cm³/mol. The van der Waals surface area contributed by atoms with E-state index in [2.05, 4.69) is 34.3 Å². The van der Waals surface area contributed by atoms with Crippen molar-refractivity contribution >= 4 is 28.2 Å². The minimum Gasteiger partial charge on any atom is -0.497 e. The summed E-state index contributed by atoms with van der Waals surface area (Å²) < 4.78 is 5.36. The third-order valence-corrected chi connectivity index (χ3v) is 6.74. The second-order valence-electron chi connectivity index (χ2n) is 8.58. The summed E-state index contributed by atoms with van der Waals surface area (Å²) in [5.74, 6) is 0.772. The summed E-state index contributed by atoms with van der Waals surface area (Å²) in [7, 11) is 1.65. The van der Waals surface area contributed by atoms with E-state index >= 15 is 0 Å². The van der Waals surface area contributed by atoms with Crippen molar-refractivity contribution in [3.05, 3.63) is 76.1 Å². The highest BCUT2D eigenvalue weighted by Gasteiger charge is 2.25. The number of ether oxygens (including phenoxy) is 1. The van der Waals surface area contributed by atoms with Crippen LogP contribution in [0.15, 0.2) is 59.4 Å². The van der Waals surface area contributed by atoms with Gasteiger partial charge in [0.1, 0.15) is 5.75 Å². The number of methoxy groups -OCH3 is 1. The molecule has 168 valence electrons. The van der Waals surface area contributed by atoms with Gasteiger partial charge in [0.25, 0.3) is 5.56 Å². The smallest absolute Gasteiger partial charge is 0.253 e. The number of nitrogens with zero attached hydrogens (tertiary/aromatic N) is 1. The third-order valence-electron chi connectivity index (χ3n) is 6.38. The van der Waals surface area contributed by atoms with Gasteiger partial charge in [0.15, 0.2) is 5.11 Å². The van der Waals surface area contributed by atoms with Gasteiger partial charge < -0.3 is 19.9 Å². The molecule has 1 atom stereocenters. The fourth-order valence-corrected chi connectivity index (χ4v) is 4.90. The van der Waals surface area contributed by atoms with Crippen LogP contribution in [-0.2, 0) is 6.54 Å². The first-order chi connectivity index (χ1) is 15.5. The number of hydrogen-bond donors (Lipinski definition) is 2. The molecule has 6 heteroatoms. The van der Waals surface area contributed by atoms with Crippen LogP contribution in [0.3, 0.4) is 0 Å². The summed E-state index contributed by atoms with van der Waals surface area (Å²) in [5.41, 5.74) is 2.64. The van der Waals surface area contributed by atoms with E-state index in [0.29, 0.717) is 23.3 Å². The molecule has 2 aromatic carbocycles. The van der Waals surface area contributed by atoms with Gasteiger partial charge in [-0.15, -0.1) is 0 Å². The molecule has 0 aliphatic heterocycles. The maximum atomic E-state index is 12.9. The van der Waals surface area contributed by atoms with Gasteiger partial charge in [-0.25, -0.2) is 0 Å². The molecule has 1 heterocycles. The number of nitrogens with one attached hydrogen (secondary N) is 2. The van der Waals surface area contributed by atoms with Gasteiger partial charge in [-0.2, -0.15) is 0 Å². The first-order valence-electron chi connectivity index (χ1n) is 11.4. The molecule has 0 radical (unpaired) electrons. The number of rotatable bonds is 6. The Balaban J connectivity index is 1.61. The monoisotopic (exact) mass is 449 g/mol.